The van der Waals surface area contributed by atoms with E-state index in [-0.39, 0.29) is 5.41 Å². The van der Waals surface area contributed by atoms with Crippen molar-refractivity contribution in [1.29, 1.82) is 0 Å². The van der Waals surface area contributed by atoms with Crippen LogP contribution in [0.15, 0.2) is 12.1 Å². The Bertz CT molecular complexity index is 621. The van der Waals surface area contributed by atoms with Crippen LogP contribution in [0.25, 0.3) is 10.2 Å². The second kappa shape index (κ2) is 4.62. The summed E-state index contributed by atoms with van der Waals surface area (Å²) in [5, 5.41) is 10.7. The molecule has 5 heteroatoms. The van der Waals surface area contributed by atoms with Crippen molar-refractivity contribution in [3.63, 3.8) is 0 Å². The van der Waals surface area contributed by atoms with E-state index < -0.39 is 6.10 Å². The van der Waals surface area contributed by atoms with Crippen LogP contribution < -0.4 is 4.74 Å². The number of halogens is 1. The van der Waals surface area contributed by atoms with Gasteiger partial charge in [0.15, 0.2) is 4.47 Å². The molecule has 1 unspecified atom stereocenters. The zero-order valence-electron chi connectivity index (χ0n) is 10.9. The summed E-state index contributed by atoms with van der Waals surface area (Å²) in [7, 11) is 1.63. The quantitative estimate of drug-likeness (QED) is 0.924. The number of aliphatic hydroxyl groups excluding tert-OH is 1. The summed E-state index contributed by atoms with van der Waals surface area (Å²) in [6, 6.07) is 3.80. The second-order valence-corrected chi connectivity index (χ2v) is 7.05. The number of hydrogen-bond donors (Lipinski definition) is 1. The van der Waals surface area contributed by atoms with E-state index in [1.165, 1.54) is 17.8 Å². The largest absolute Gasteiger partial charge is 0.497 e. The normalized spacial score (nSPS) is 19.2. The average Bonchev–Trinajstić information content (AvgIpc) is 2.73. The fraction of sp³-hybridized carbons (Fsp3) is 0.500. The lowest BCUT2D eigenvalue weighted by Crippen LogP contribution is -2.32. The Morgan fingerprint density at radius 3 is 2.79 bits per heavy atom. The summed E-state index contributed by atoms with van der Waals surface area (Å²) in [5.41, 5.74) is 1.59. The maximum absolute atomic E-state index is 10.7. The van der Waals surface area contributed by atoms with Gasteiger partial charge in [-0.3, -0.25) is 0 Å². The zero-order valence-corrected chi connectivity index (χ0v) is 12.5. The van der Waals surface area contributed by atoms with Crippen LogP contribution in [0.3, 0.4) is 0 Å². The molecular formula is C14H16ClNO2S. The van der Waals surface area contributed by atoms with E-state index in [2.05, 4.69) is 11.9 Å². The molecule has 1 aromatic carbocycles. The van der Waals surface area contributed by atoms with E-state index in [0.717, 1.165) is 34.4 Å². The summed E-state index contributed by atoms with van der Waals surface area (Å²) >= 11 is 7.42. The van der Waals surface area contributed by atoms with Gasteiger partial charge in [0.2, 0.25) is 0 Å². The molecule has 19 heavy (non-hydrogen) atoms. The fourth-order valence-corrected chi connectivity index (χ4v) is 3.80. The Kier molecular flexibility index (Phi) is 3.20. The Morgan fingerprint density at radius 1 is 1.47 bits per heavy atom. The fourth-order valence-electron chi connectivity index (χ4n) is 2.71. The van der Waals surface area contributed by atoms with Crippen LogP contribution in [0, 0.1) is 5.41 Å². The van der Waals surface area contributed by atoms with Gasteiger partial charge in [-0.25, -0.2) is 4.98 Å². The smallest absolute Gasteiger partial charge is 0.184 e. The lowest BCUT2D eigenvalue weighted by molar-refractivity contribution is -0.0212. The molecule has 102 valence electrons. The Labute approximate surface area is 121 Å². The molecule has 1 N–H and O–H groups in total. The highest BCUT2D eigenvalue weighted by atomic mass is 35.5. The number of rotatable bonds is 3. The summed E-state index contributed by atoms with van der Waals surface area (Å²) in [5.74, 6) is 0.741. The van der Waals surface area contributed by atoms with Crippen molar-refractivity contribution in [2.45, 2.75) is 32.3 Å². The minimum absolute atomic E-state index is 0.0462. The molecule has 0 bridgehead atoms. The molecule has 1 aliphatic carbocycles. The van der Waals surface area contributed by atoms with Gasteiger partial charge in [0.05, 0.1) is 23.4 Å². The van der Waals surface area contributed by atoms with Gasteiger partial charge in [0.1, 0.15) is 5.75 Å². The average molecular weight is 298 g/mol. The molecule has 0 saturated heterocycles. The molecule has 1 fully saturated rings. The SMILES string of the molecule is COc1cc(C(O)C2(C)CCC2)c2nc(Cl)sc2c1. The molecule has 0 spiro atoms. The minimum atomic E-state index is -0.517. The van der Waals surface area contributed by atoms with Crippen molar-refractivity contribution >= 4 is 33.2 Å². The van der Waals surface area contributed by atoms with E-state index in [4.69, 9.17) is 16.3 Å². The highest BCUT2D eigenvalue weighted by Crippen LogP contribution is 2.51. The summed E-state index contributed by atoms with van der Waals surface area (Å²) in [6.45, 7) is 2.13. The highest BCUT2D eigenvalue weighted by molar-refractivity contribution is 7.22. The molecule has 1 atom stereocenters. The van der Waals surface area contributed by atoms with Crippen LogP contribution in [0.5, 0.6) is 5.75 Å². The first-order valence-electron chi connectivity index (χ1n) is 6.35. The lowest BCUT2D eigenvalue weighted by atomic mass is 9.65. The maximum Gasteiger partial charge on any atom is 0.184 e. The summed E-state index contributed by atoms with van der Waals surface area (Å²) in [6.07, 6.45) is 2.76. The molecule has 1 aromatic heterocycles. The summed E-state index contributed by atoms with van der Waals surface area (Å²) < 4.78 is 6.77. The van der Waals surface area contributed by atoms with Crippen LogP contribution in [-0.2, 0) is 0 Å². The molecule has 1 saturated carbocycles. The van der Waals surface area contributed by atoms with Crippen LogP contribution in [0.1, 0.15) is 37.9 Å². The first-order valence-corrected chi connectivity index (χ1v) is 7.55. The van der Waals surface area contributed by atoms with E-state index in [9.17, 15) is 5.11 Å². The Balaban J connectivity index is 2.15. The van der Waals surface area contributed by atoms with E-state index in [1.54, 1.807) is 7.11 Å². The maximum atomic E-state index is 10.7. The molecule has 1 heterocycles. The Morgan fingerprint density at radius 2 is 2.21 bits per heavy atom. The van der Waals surface area contributed by atoms with Gasteiger partial charge in [-0.05, 0) is 30.4 Å². The van der Waals surface area contributed by atoms with Crippen LogP contribution >= 0.6 is 22.9 Å². The van der Waals surface area contributed by atoms with Crippen molar-refractivity contribution in [3.8, 4) is 5.75 Å². The third-order valence-corrected chi connectivity index (χ3v) is 5.26. The molecule has 2 aromatic rings. The number of aliphatic hydroxyl groups is 1. The first-order chi connectivity index (χ1) is 9.03. The van der Waals surface area contributed by atoms with Gasteiger partial charge < -0.3 is 9.84 Å². The molecule has 1 aliphatic rings. The molecule has 3 nitrogen and oxygen atoms in total. The number of aromatic nitrogens is 1. The van der Waals surface area contributed by atoms with Crippen LogP contribution in [-0.4, -0.2) is 17.2 Å². The van der Waals surface area contributed by atoms with Crippen LogP contribution in [0.4, 0.5) is 0 Å². The van der Waals surface area contributed by atoms with E-state index in [0.29, 0.717) is 4.47 Å². The number of hydrogen-bond acceptors (Lipinski definition) is 4. The first kappa shape index (κ1) is 13.2. The third-order valence-electron chi connectivity index (χ3n) is 4.16. The number of thiazole rings is 1. The van der Waals surface area contributed by atoms with Gasteiger partial charge in [0, 0.05) is 5.56 Å². The van der Waals surface area contributed by atoms with Crippen LogP contribution in [0.2, 0.25) is 4.47 Å². The zero-order chi connectivity index (χ0) is 13.6. The van der Waals surface area contributed by atoms with Gasteiger partial charge >= 0.3 is 0 Å². The van der Waals surface area contributed by atoms with Crippen molar-refractivity contribution in [2.75, 3.05) is 7.11 Å². The van der Waals surface area contributed by atoms with Crippen molar-refractivity contribution in [2.24, 2.45) is 5.41 Å². The molecular weight excluding hydrogens is 282 g/mol. The van der Waals surface area contributed by atoms with E-state index >= 15 is 0 Å². The molecule has 0 aliphatic heterocycles. The predicted molar refractivity (Wildman–Crippen MR) is 78.1 cm³/mol. The standard InChI is InChI=1S/C14H16ClNO2S/c1-14(4-3-5-14)12(17)9-6-8(18-2)7-10-11(9)16-13(15)19-10/h6-7,12,17H,3-5H2,1-2H3. The van der Waals surface area contributed by atoms with Gasteiger partial charge in [-0.2, -0.15) is 0 Å². The van der Waals surface area contributed by atoms with Gasteiger partial charge in [-0.1, -0.05) is 24.9 Å². The summed E-state index contributed by atoms with van der Waals surface area (Å²) in [4.78, 5) is 4.35. The predicted octanol–water partition coefficient (Wildman–Crippen LogP) is 4.18. The second-order valence-electron chi connectivity index (χ2n) is 5.44. The number of methoxy groups -OCH3 is 1. The van der Waals surface area contributed by atoms with Crippen molar-refractivity contribution in [1.82, 2.24) is 4.98 Å². The number of benzene rings is 1. The Hall–Kier alpha value is -0.840. The number of ether oxygens (including phenoxy) is 1. The number of fused-ring (bicyclic) bond motifs is 1. The molecule has 3 rings (SSSR count). The lowest BCUT2D eigenvalue weighted by Gasteiger charge is -2.42. The minimum Gasteiger partial charge on any atom is -0.497 e. The van der Waals surface area contributed by atoms with E-state index in [1.807, 2.05) is 12.1 Å². The topological polar surface area (TPSA) is 42.4 Å². The van der Waals surface area contributed by atoms with Gasteiger partial charge in [-0.15, -0.1) is 11.3 Å². The van der Waals surface area contributed by atoms with Crippen molar-refractivity contribution in [3.05, 3.63) is 22.2 Å². The third kappa shape index (κ3) is 2.12. The molecule has 0 radical (unpaired) electrons. The molecule has 0 amide bonds. The monoisotopic (exact) mass is 297 g/mol. The van der Waals surface area contributed by atoms with Gasteiger partial charge in [0.25, 0.3) is 0 Å². The highest BCUT2D eigenvalue weighted by Gasteiger charge is 2.40. The van der Waals surface area contributed by atoms with Crippen molar-refractivity contribution < 1.29 is 9.84 Å². The number of nitrogens with zero attached hydrogens (tertiary/aromatic N) is 1.